The van der Waals surface area contributed by atoms with Gasteiger partial charge in [-0.3, -0.25) is 9.59 Å². The van der Waals surface area contributed by atoms with E-state index >= 15 is 0 Å². The van der Waals surface area contributed by atoms with Crippen LogP contribution < -0.4 is 5.32 Å². The van der Waals surface area contributed by atoms with Gasteiger partial charge in [0.2, 0.25) is 11.8 Å². The number of hydrogen-bond donors (Lipinski definition) is 2. The van der Waals surface area contributed by atoms with Crippen molar-refractivity contribution in [3.05, 3.63) is 22.2 Å². The zero-order chi connectivity index (χ0) is 14.9. The summed E-state index contributed by atoms with van der Waals surface area (Å²) in [6.45, 7) is 3.32. The molecule has 0 aromatic heterocycles. The topological polar surface area (TPSA) is 86.7 Å². The van der Waals surface area contributed by atoms with E-state index in [0.717, 1.165) is 6.42 Å². The largest absolute Gasteiger partial charge is 0.477 e. The Balaban J connectivity index is 2.11. The molecule has 2 aliphatic rings. The van der Waals surface area contributed by atoms with Crippen LogP contribution in [-0.2, 0) is 14.4 Å². The smallest absolute Gasteiger partial charge is 0.353 e. The first-order valence-corrected chi connectivity index (χ1v) is 7.23. The normalized spacial score (nSPS) is 24.9. The zero-order valence-electron chi connectivity index (χ0n) is 11.3. The van der Waals surface area contributed by atoms with Crippen LogP contribution in [0.1, 0.15) is 26.7 Å². The van der Waals surface area contributed by atoms with Crippen LogP contribution in [0.5, 0.6) is 0 Å². The molecule has 0 aliphatic carbocycles. The van der Waals surface area contributed by atoms with Crippen LogP contribution in [0, 0.1) is 5.92 Å². The van der Waals surface area contributed by atoms with Crippen molar-refractivity contribution in [1.29, 1.82) is 0 Å². The molecule has 1 fully saturated rings. The first-order chi connectivity index (χ1) is 9.47. The lowest BCUT2D eigenvalue weighted by Crippen LogP contribution is -2.58. The van der Waals surface area contributed by atoms with Crippen molar-refractivity contribution in [2.75, 3.05) is 0 Å². The minimum Gasteiger partial charge on any atom is -0.477 e. The monoisotopic (exact) mass is 296 g/mol. The molecule has 20 heavy (non-hydrogen) atoms. The molecule has 7 heteroatoms. The Morgan fingerprint density at radius 1 is 1.55 bits per heavy atom. The van der Waals surface area contributed by atoms with Gasteiger partial charge >= 0.3 is 5.97 Å². The number of aliphatic carboxylic acids is 1. The van der Waals surface area contributed by atoms with Crippen LogP contribution in [-0.4, -0.2) is 33.8 Å². The number of nitrogens with one attached hydrogen (secondary N) is 1. The Kier molecular flexibility index (Phi) is 4.17. The van der Waals surface area contributed by atoms with E-state index in [1.807, 2.05) is 6.92 Å². The fourth-order valence-electron chi connectivity index (χ4n) is 2.58. The first-order valence-electron chi connectivity index (χ1n) is 6.35. The zero-order valence-corrected chi connectivity index (χ0v) is 12.1. The van der Waals surface area contributed by atoms with Gasteiger partial charge in [-0.2, -0.15) is 0 Å². The van der Waals surface area contributed by atoms with E-state index in [4.69, 9.17) is 0 Å². The molecule has 2 atom stereocenters. The van der Waals surface area contributed by atoms with Crippen LogP contribution in [0.15, 0.2) is 22.2 Å². The standard InChI is InChI=1S/C13H16N2O4S/c1-3-8-9-6-10(20-5-4-14-7(2)16)11(13(18)19)15(9)12(8)17/h4-5,8-9H,3,6H2,1-2H3,(H,14,16)(H,18,19)/b5-4+/t8-,9+/m0/s1. The SMILES string of the molecule is CC[C@@H]1C(=O)N2C(C(=O)O)=C(S/C=C/NC(C)=O)C[C@H]12. The van der Waals surface area contributed by atoms with Gasteiger partial charge in [-0.1, -0.05) is 18.7 Å². The lowest BCUT2D eigenvalue weighted by molar-refractivity contribution is -0.155. The summed E-state index contributed by atoms with van der Waals surface area (Å²) in [5.41, 5.74) is 0.0853. The second-order valence-corrected chi connectivity index (χ2v) is 5.69. The molecule has 0 aromatic carbocycles. The van der Waals surface area contributed by atoms with Gasteiger partial charge in [0.25, 0.3) is 0 Å². The number of thioether (sulfide) groups is 1. The van der Waals surface area contributed by atoms with Crippen molar-refractivity contribution < 1.29 is 19.5 Å². The number of amides is 2. The maximum Gasteiger partial charge on any atom is 0.353 e. The molecule has 0 aromatic rings. The van der Waals surface area contributed by atoms with Crippen LogP contribution in [0.4, 0.5) is 0 Å². The summed E-state index contributed by atoms with van der Waals surface area (Å²) >= 11 is 1.23. The van der Waals surface area contributed by atoms with Gasteiger partial charge in [-0.05, 0) is 11.8 Å². The van der Waals surface area contributed by atoms with Crippen LogP contribution in [0.2, 0.25) is 0 Å². The fourth-order valence-corrected chi connectivity index (χ4v) is 3.44. The highest BCUT2D eigenvalue weighted by Crippen LogP contribution is 2.47. The molecule has 0 radical (unpaired) electrons. The van der Waals surface area contributed by atoms with Gasteiger partial charge in [0.15, 0.2) is 0 Å². The maximum atomic E-state index is 11.9. The number of carbonyl (C=O) groups is 3. The Morgan fingerprint density at radius 2 is 2.25 bits per heavy atom. The third-order valence-electron chi connectivity index (χ3n) is 3.46. The van der Waals surface area contributed by atoms with Gasteiger partial charge in [0.05, 0.1) is 12.0 Å². The third kappa shape index (κ3) is 2.45. The van der Waals surface area contributed by atoms with E-state index in [0.29, 0.717) is 11.3 Å². The predicted molar refractivity (Wildman–Crippen MR) is 74.2 cm³/mol. The highest BCUT2D eigenvalue weighted by atomic mass is 32.2. The van der Waals surface area contributed by atoms with E-state index in [2.05, 4.69) is 5.32 Å². The Bertz CT molecular complexity index is 526. The van der Waals surface area contributed by atoms with Gasteiger partial charge in [-0.15, -0.1) is 0 Å². The number of nitrogens with zero attached hydrogens (tertiary/aromatic N) is 1. The summed E-state index contributed by atoms with van der Waals surface area (Å²) in [6, 6.07) is -0.0183. The van der Waals surface area contributed by atoms with E-state index in [1.165, 1.54) is 29.8 Å². The summed E-state index contributed by atoms with van der Waals surface area (Å²) in [6.07, 6.45) is 2.77. The molecular weight excluding hydrogens is 280 g/mol. The number of fused-ring (bicyclic) bond motifs is 1. The third-order valence-corrected chi connectivity index (χ3v) is 4.37. The van der Waals surface area contributed by atoms with Crippen LogP contribution in [0.3, 0.4) is 0 Å². The molecule has 0 spiro atoms. The molecule has 0 bridgehead atoms. The molecule has 2 aliphatic heterocycles. The van der Waals surface area contributed by atoms with Crippen LogP contribution in [0.25, 0.3) is 0 Å². The number of carbonyl (C=O) groups excluding carboxylic acids is 2. The maximum absolute atomic E-state index is 11.9. The summed E-state index contributed by atoms with van der Waals surface area (Å²) < 4.78 is 0. The van der Waals surface area contributed by atoms with E-state index in [9.17, 15) is 19.5 Å². The van der Waals surface area contributed by atoms with Crippen molar-refractivity contribution in [2.24, 2.45) is 5.92 Å². The summed E-state index contributed by atoms with van der Waals surface area (Å²) in [4.78, 5) is 36.0. The molecule has 2 rings (SSSR count). The highest BCUT2D eigenvalue weighted by Gasteiger charge is 2.54. The highest BCUT2D eigenvalue weighted by molar-refractivity contribution is 8.05. The van der Waals surface area contributed by atoms with E-state index < -0.39 is 5.97 Å². The Hall–Kier alpha value is -1.76. The lowest BCUT2D eigenvalue weighted by atomic mass is 9.85. The lowest BCUT2D eigenvalue weighted by Gasteiger charge is -2.42. The Labute approximate surface area is 120 Å². The van der Waals surface area contributed by atoms with Crippen LogP contribution >= 0.6 is 11.8 Å². The molecule has 0 unspecified atom stereocenters. The molecule has 1 saturated heterocycles. The van der Waals surface area contributed by atoms with E-state index in [1.54, 1.807) is 5.41 Å². The summed E-state index contributed by atoms with van der Waals surface area (Å²) in [5, 5.41) is 13.4. The molecule has 0 saturated carbocycles. The second-order valence-electron chi connectivity index (χ2n) is 4.69. The Morgan fingerprint density at radius 3 is 2.80 bits per heavy atom. The van der Waals surface area contributed by atoms with Crippen molar-refractivity contribution in [3.63, 3.8) is 0 Å². The molecule has 2 amide bonds. The molecule has 6 nitrogen and oxygen atoms in total. The number of hydrogen-bond acceptors (Lipinski definition) is 4. The van der Waals surface area contributed by atoms with Crippen molar-refractivity contribution in [2.45, 2.75) is 32.7 Å². The summed E-state index contributed by atoms with van der Waals surface area (Å²) in [7, 11) is 0. The van der Waals surface area contributed by atoms with Crippen molar-refractivity contribution in [3.8, 4) is 0 Å². The number of carboxylic acid groups (broad SMARTS) is 1. The summed E-state index contributed by atoms with van der Waals surface area (Å²) in [5.74, 6) is -1.44. The molecule has 2 heterocycles. The van der Waals surface area contributed by atoms with E-state index in [-0.39, 0.29) is 29.5 Å². The van der Waals surface area contributed by atoms with Crippen molar-refractivity contribution in [1.82, 2.24) is 10.2 Å². The molecular formula is C13H16N2O4S. The minimum atomic E-state index is -1.08. The van der Waals surface area contributed by atoms with Gasteiger partial charge < -0.3 is 15.3 Å². The van der Waals surface area contributed by atoms with Gasteiger partial charge in [0, 0.05) is 24.4 Å². The molecule has 2 N–H and O–H groups in total. The second kappa shape index (κ2) is 5.70. The predicted octanol–water partition coefficient (Wildman–Crippen LogP) is 1.26. The average Bonchev–Trinajstić information content (AvgIpc) is 2.70. The van der Waals surface area contributed by atoms with Crippen molar-refractivity contribution >= 4 is 29.5 Å². The minimum absolute atomic E-state index is 0.0183. The van der Waals surface area contributed by atoms with Gasteiger partial charge in [-0.25, -0.2) is 4.79 Å². The number of carboxylic acids is 1. The fraction of sp³-hybridized carbons (Fsp3) is 0.462. The van der Waals surface area contributed by atoms with Gasteiger partial charge in [0.1, 0.15) is 5.70 Å². The first kappa shape index (κ1) is 14.6. The average molecular weight is 296 g/mol. The number of β-lactam (4-membered cyclic amide) rings is 1. The number of rotatable bonds is 5. The quantitative estimate of drug-likeness (QED) is 0.746. The molecule has 108 valence electrons.